The van der Waals surface area contributed by atoms with E-state index in [0.29, 0.717) is 49.7 Å². The molecule has 4 heterocycles. The van der Waals surface area contributed by atoms with Gasteiger partial charge in [0.1, 0.15) is 29.6 Å². The molecule has 0 spiro atoms. The molecule has 3 aliphatic rings. The van der Waals surface area contributed by atoms with Gasteiger partial charge in [0.15, 0.2) is 0 Å². The fourth-order valence-electron chi connectivity index (χ4n) is 8.09. The number of hydrogen-bond donors (Lipinski definition) is 4. The quantitative estimate of drug-likeness (QED) is 0.165. The van der Waals surface area contributed by atoms with Crippen LogP contribution in [0.2, 0.25) is 0 Å². The fraction of sp³-hybridized carbons (Fsp3) is 0.477. The van der Waals surface area contributed by atoms with Crippen molar-refractivity contribution in [3.8, 4) is 16.9 Å². The zero-order valence-corrected chi connectivity index (χ0v) is 36.0. The van der Waals surface area contributed by atoms with Crippen LogP contribution in [0.1, 0.15) is 70.8 Å². The number of methoxy groups -OCH3 is 1. The number of carbonyl (C=O) groups is 4. The summed E-state index contributed by atoms with van der Waals surface area (Å²) in [6.07, 6.45) is -2.47. The van der Waals surface area contributed by atoms with Crippen molar-refractivity contribution in [2.24, 2.45) is 17.3 Å². The molecule has 3 aliphatic heterocycles. The van der Waals surface area contributed by atoms with Gasteiger partial charge in [0.2, 0.25) is 11.8 Å². The van der Waals surface area contributed by atoms with Crippen LogP contribution in [-0.2, 0) is 14.3 Å². The van der Waals surface area contributed by atoms with Crippen LogP contribution in [0, 0.1) is 23.1 Å². The monoisotopic (exact) mass is 866 g/mol. The van der Waals surface area contributed by atoms with Gasteiger partial charge in [-0.05, 0) is 54.5 Å². The zero-order chi connectivity index (χ0) is 45.3. The predicted octanol–water partition coefficient (Wildman–Crippen LogP) is 6.56. The summed E-state index contributed by atoms with van der Waals surface area (Å²) in [5.74, 6) is -2.13. The van der Waals surface area contributed by atoms with Crippen LogP contribution in [0.5, 0.6) is 5.75 Å². The Morgan fingerprint density at radius 1 is 0.952 bits per heavy atom. The van der Waals surface area contributed by atoms with Gasteiger partial charge in [0, 0.05) is 61.7 Å². The molecule has 4 N–H and O–H groups in total. The lowest BCUT2D eigenvalue weighted by Gasteiger charge is -2.42. The van der Waals surface area contributed by atoms with Gasteiger partial charge < -0.3 is 45.4 Å². The van der Waals surface area contributed by atoms with E-state index in [0.717, 1.165) is 12.1 Å². The van der Waals surface area contributed by atoms with Gasteiger partial charge in [0.25, 0.3) is 5.91 Å². The lowest BCUT2D eigenvalue weighted by Crippen LogP contribution is -2.57. The summed E-state index contributed by atoms with van der Waals surface area (Å²) in [5, 5.41) is 11.7. The second-order valence-electron chi connectivity index (χ2n) is 17.5. The van der Waals surface area contributed by atoms with Crippen molar-refractivity contribution in [1.29, 1.82) is 0 Å². The third-order valence-corrected chi connectivity index (χ3v) is 11.2. The number of piperazine rings is 1. The highest BCUT2D eigenvalue weighted by molar-refractivity contribution is 6.04. The maximum absolute atomic E-state index is 15.7. The van der Waals surface area contributed by atoms with Gasteiger partial charge >= 0.3 is 12.5 Å². The Morgan fingerprint density at radius 2 is 1.65 bits per heavy atom. The molecular weight excluding hydrogens is 813 g/mol. The van der Waals surface area contributed by atoms with Gasteiger partial charge in [-0.25, -0.2) is 14.2 Å². The Morgan fingerprint density at radius 3 is 2.24 bits per heavy atom. The van der Waals surface area contributed by atoms with Crippen LogP contribution in [0.4, 0.5) is 33.9 Å². The summed E-state index contributed by atoms with van der Waals surface area (Å²) in [6.45, 7) is 15.3. The number of amides is 4. The number of likely N-dealkylation sites (tertiary alicyclic amines) is 1. The zero-order valence-electron chi connectivity index (χ0n) is 36.0. The molecule has 5 atom stereocenters. The van der Waals surface area contributed by atoms with E-state index in [-0.39, 0.29) is 58.6 Å². The summed E-state index contributed by atoms with van der Waals surface area (Å²) >= 11 is 0. The molecule has 0 aliphatic carbocycles. The molecule has 4 amide bonds. The van der Waals surface area contributed by atoms with Crippen LogP contribution in [0.25, 0.3) is 16.8 Å². The normalized spacial score (nSPS) is 20.9. The highest BCUT2D eigenvalue weighted by atomic mass is 19.4. The van der Waals surface area contributed by atoms with E-state index in [1.54, 1.807) is 29.3 Å². The van der Waals surface area contributed by atoms with Gasteiger partial charge in [-0.1, -0.05) is 65.8 Å². The first-order valence-corrected chi connectivity index (χ1v) is 20.5. The van der Waals surface area contributed by atoms with Gasteiger partial charge in [-0.3, -0.25) is 14.4 Å². The number of hydrogen-bond acceptors (Lipinski definition) is 10. The molecule has 1 unspecified atom stereocenters. The summed E-state index contributed by atoms with van der Waals surface area (Å²) in [7, 11) is 1.24. The Hall–Kier alpha value is -6.07. The standard InChI is InChI=1S/C44H54F4N8O6/c1-24(2)37(53-42(60)61-8)40(58)56-22-25(3)17-34(56)38-50-21-33(51-38)28-11-9-27(10-12-28)30-18-31(45)32(19-35(30)62-44(46,47)48)52-39(57)29-13-14-36(49-20-29)55-16-15-54(23-26(55)4)41(59)43(5,6)7/h9-14,18-21,24-26,34,37-38,50-51H,15-17,22-23H2,1-8H3,(H,52,57)(H,53,60)/t25-,26+,34-,37-,38?/m0/s1. The average Bonchev–Trinajstić information content (AvgIpc) is 3.86. The van der Waals surface area contributed by atoms with Crippen molar-refractivity contribution in [2.75, 3.05) is 43.5 Å². The molecule has 0 radical (unpaired) electrons. The van der Waals surface area contributed by atoms with Gasteiger partial charge in [0.05, 0.1) is 30.1 Å². The van der Waals surface area contributed by atoms with Crippen molar-refractivity contribution in [1.82, 2.24) is 30.7 Å². The number of nitrogens with one attached hydrogen (secondary N) is 4. The topological polar surface area (TPSA) is 157 Å². The summed E-state index contributed by atoms with van der Waals surface area (Å²) in [5.41, 5.74) is 0.339. The third-order valence-electron chi connectivity index (χ3n) is 11.2. The number of rotatable bonds is 10. The largest absolute Gasteiger partial charge is 0.573 e. The van der Waals surface area contributed by atoms with Crippen molar-refractivity contribution in [2.45, 2.75) is 85.5 Å². The number of nitrogens with zero attached hydrogens (tertiary/aromatic N) is 4. The molecule has 334 valence electrons. The lowest BCUT2D eigenvalue weighted by molar-refractivity contribution is -0.274. The Balaban J connectivity index is 1.13. The van der Waals surface area contributed by atoms with E-state index in [4.69, 9.17) is 4.74 Å². The molecule has 62 heavy (non-hydrogen) atoms. The number of anilines is 2. The van der Waals surface area contributed by atoms with Crippen LogP contribution >= 0.6 is 0 Å². The minimum atomic E-state index is -5.13. The maximum Gasteiger partial charge on any atom is 0.573 e. The number of halogens is 4. The second kappa shape index (κ2) is 18.1. The Bertz CT molecular complexity index is 2180. The number of aromatic nitrogens is 1. The van der Waals surface area contributed by atoms with E-state index in [1.165, 1.54) is 31.5 Å². The molecule has 0 saturated carbocycles. The van der Waals surface area contributed by atoms with E-state index in [2.05, 4.69) is 31.0 Å². The molecule has 0 bridgehead atoms. The molecule has 1 aromatic heterocycles. The number of pyridine rings is 1. The first kappa shape index (κ1) is 45.5. The summed E-state index contributed by atoms with van der Waals surface area (Å²) in [4.78, 5) is 61.8. The lowest BCUT2D eigenvalue weighted by atomic mass is 9.94. The van der Waals surface area contributed by atoms with Crippen molar-refractivity contribution in [3.63, 3.8) is 0 Å². The van der Waals surface area contributed by atoms with Gasteiger partial charge in [-0.2, -0.15) is 0 Å². The molecule has 2 saturated heterocycles. The predicted molar refractivity (Wildman–Crippen MR) is 225 cm³/mol. The first-order chi connectivity index (χ1) is 29.1. The Kier molecular flexibility index (Phi) is 13.3. The maximum atomic E-state index is 15.7. The molecule has 14 nitrogen and oxygen atoms in total. The van der Waals surface area contributed by atoms with E-state index in [9.17, 15) is 32.3 Å². The summed E-state index contributed by atoms with van der Waals surface area (Å²) in [6, 6.07) is 10.0. The number of ether oxygens (including phenoxy) is 2. The minimum absolute atomic E-state index is 0.0453. The number of alkyl carbamates (subject to hydrolysis) is 1. The minimum Gasteiger partial charge on any atom is -0.453 e. The molecular formula is C44H54F4N8O6. The van der Waals surface area contributed by atoms with Crippen LogP contribution in [0.15, 0.2) is 60.9 Å². The van der Waals surface area contributed by atoms with E-state index < -0.39 is 47.1 Å². The summed E-state index contributed by atoms with van der Waals surface area (Å²) < 4.78 is 65.9. The van der Waals surface area contributed by atoms with Crippen LogP contribution in [-0.4, -0.2) is 103 Å². The van der Waals surface area contributed by atoms with Crippen molar-refractivity contribution in [3.05, 3.63) is 77.9 Å². The highest BCUT2D eigenvalue weighted by Gasteiger charge is 2.43. The smallest absolute Gasteiger partial charge is 0.453 e. The van der Waals surface area contributed by atoms with Crippen molar-refractivity contribution >= 4 is 41.0 Å². The first-order valence-electron chi connectivity index (χ1n) is 20.5. The second-order valence-corrected chi connectivity index (χ2v) is 17.5. The highest BCUT2D eigenvalue weighted by Crippen LogP contribution is 2.39. The molecule has 3 aromatic rings. The van der Waals surface area contributed by atoms with Crippen molar-refractivity contribution < 1.29 is 46.2 Å². The number of alkyl halides is 3. The van der Waals surface area contributed by atoms with Gasteiger partial charge in [-0.15, -0.1) is 13.2 Å². The molecule has 6 rings (SSSR count). The van der Waals surface area contributed by atoms with E-state index in [1.807, 2.05) is 58.3 Å². The molecule has 2 fully saturated rings. The van der Waals surface area contributed by atoms with Crippen LogP contribution in [0.3, 0.4) is 0 Å². The number of benzene rings is 2. The average molecular weight is 867 g/mol. The SMILES string of the molecule is COC(=O)N[C@H](C(=O)N1C[C@@H](C)C[C@H]1C1NC=C(c2ccc(-c3cc(F)c(NC(=O)c4ccc(N5CCN(C(=O)C(C)(C)C)C[C@H]5C)nc4)cc3OC(F)(F)F)cc2)N1)C(C)C. The van der Waals surface area contributed by atoms with E-state index >= 15 is 4.39 Å². The Labute approximate surface area is 358 Å². The number of carbonyl (C=O) groups excluding carboxylic acids is 4. The molecule has 18 heteroatoms. The molecule has 2 aromatic carbocycles. The van der Waals surface area contributed by atoms with Crippen LogP contribution < -0.4 is 30.9 Å². The fourth-order valence-corrected chi connectivity index (χ4v) is 8.09. The third kappa shape index (κ3) is 10.3.